The molecule has 0 aromatic heterocycles. The van der Waals surface area contributed by atoms with Gasteiger partial charge < -0.3 is 28.5 Å². The van der Waals surface area contributed by atoms with Gasteiger partial charge in [-0.1, -0.05) is 41.5 Å². The molecule has 1 rings (SSSR count). The molecule has 11 heteroatoms. The van der Waals surface area contributed by atoms with E-state index in [1.807, 2.05) is 0 Å². The summed E-state index contributed by atoms with van der Waals surface area (Å²) >= 11 is 0. The average molecular weight is 459 g/mol. The lowest BCUT2D eigenvalue weighted by molar-refractivity contribution is -0.129. The largest absolute Gasteiger partial charge is 0.469 e. The molecule has 168 valence electrons. The second-order valence-electron chi connectivity index (χ2n) is 10.5. The first-order valence-corrected chi connectivity index (χ1v) is 16.9. The fourth-order valence-electron chi connectivity index (χ4n) is 2.31. The van der Waals surface area contributed by atoms with Crippen molar-refractivity contribution in [3.63, 3.8) is 0 Å². The molecule has 0 aliphatic carbocycles. The Balaban J connectivity index is 3.18. The van der Waals surface area contributed by atoms with E-state index in [1.165, 1.54) is 0 Å². The standard InChI is InChI=1S/C17H39O8PSi2/c1-16(2,3)27(7,8)24-13-12(11-22-26(19,20)21)23-15(18)14(13)25-28(9,10)17(4,5)6/h12-15,18H,11H2,1-10H3,(H2,19,20,21)/t12-,13-,14-,15+/m1/s1. The zero-order valence-corrected chi connectivity index (χ0v) is 21.7. The smallest absolute Gasteiger partial charge is 0.408 e. The number of aliphatic hydroxyl groups is 1. The third-order valence-electron chi connectivity index (χ3n) is 6.17. The Hall–Kier alpha value is 0.384. The highest BCUT2D eigenvalue weighted by Gasteiger charge is 2.53. The maximum atomic E-state index is 11.2. The molecule has 0 saturated carbocycles. The molecule has 1 aliphatic rings. The number of hydrogen-bond donors (Lipinski definition) is 3. The van der Waals surface area contributed by atoms with Crippen LogP contribution < -0.4 is 0 Å². The quantitative estimate of drug-likeness (QED) is 0.392. The van der Waals surface area contributed by atoms with Crippen LogP contribution in [0.5, 0.6) is 0 Å². The highest BCUT2D eigenvalue weighted by atomic mass is 31.2. The minimum atomic E-state index is -4.67. The van der Waals surface area contributed by atoms with Gasteiger partial charge in [-0.05, 0) is 36.3 Å². The highest BCUT2D eigenvalue weighted by Crippen LogP contribution is 2.44. The zero-order valence-electron chi connectivity index (χ0n) is 18.8. The summed E-state index contributed by atoms with van der Waals surface area (Å²) in [5.41, 5.74) is 0. The van der Waals surface area contributed by atoms with Crippen molar-refractivity contribution in [2.45, 2.75) is 102 Å². The van der Waals surface area contributed by atoms with Crippen molar-refractivity contribution in [2.75, 3.05) is 6.61 Å². The van der Waals surface area contributed by atoms with Gasteiger partial charge in [-0.3, -0.25) is 4.52 Å². The third-order valence-corrected chi connectivity index (χ3v) is 15.6. The van der Waals surface area contributed by atoms with Gasteiger partial charge in [0.05, 0.1) is 6.61 Å². The minimum Gasteiger partial charge on any atom is -0.408 e. The van der Waals surface area contributed by atoms with Gasteiger partial charge in [0.15, 0.2) is 22.9 Å². The molecule has 1 aliphatic heterocycles. The van der Waals surface area contributed by atoms with Crippen LogP contribution in [0.15, 0.2) is 0 Å². The van der Waals surface area contributed by atoms with Crippen LogP contribution in [0.2, 0.25) is 36.3 Å². The van der Waals surface area contributed by atoms with Crippen molar-refractivity contribution in [1.82, 2.24) is 0 Å². The van der Waals surface area contributed by atoms with Gasteiger partial charge in [-0.25, -0.2) is 4.57 Å². The van der Waals surface area contributed by atoms with E-state index in [9.17, 15) is 9.67 Å². The minimum absolute atomic E-state index is 0.0886. The normalized spacial score (nSPS) is 28.0. The summed E-state index contributed by atoms with van der Waals surface area (Å²) in [5, 5.41) is 10.4. The Kier molecular flexibility index (Phi) is 8.01. The van der Waals surface area contributed by atoms with Crippen LogP contribution in [0.4, 0.5) is 0 Å². The fourth-order valence-corrected chi connectivity index (χ4v) is 5.26. The van der Waals surface area contributed by atoms with Crippen LogP contribution in [0.3, 0.4) is 0 Å². The molecular formula is C17H39O8PSi2. The molecule has 0 bridgehead atoms. The molecule has 0 aromatic carbocycles. The SMILES string of the molecule is CC(C)(C)[Si](C)(C)O[C@@H]1[C@H](O[Si](C)(C)C(C)(C)C)[C@@H](COP(=O)(O)O)O[C@@H]1O. The summed E-state index contributed by atoms with van der Waals surface area (Å²) < 4.78 is 34.3. The van der Waals surface area contributed by atoms with Crippen molar-refractivity contribution in [3.8, 4) is 0 Å². The third kappa shape index (κ3) is 6.70. The van der Waals surface area contributed by atoms with Crippen LogP contribution in [-0.2, 0) is 22.7 Å². The van der Waals surface area contributed by atoms with Gasteiger partial charge in [0.1, 0.15) is 18.3 Å². The van der Waals surface area contributed by atoms with Crippen molar-refractivity contribution in [3.05, 3.63) is 0 Å². The predicted octanol–water partition coefficient (Wildman–Crippen LogP) is 3.59. The Morgan fingerprint density at radius 1 is 0.893 bits per heavy atom. The van der Waals surface area contributed by atoms with E-state index in [-0.39, 0.29) is 10.1 Å². The van der Waals surface area contributed by atoms with E-state index in [4.69, 9.17) is 23.4 Å². The summed E-state index contributed by atoms with van der Waals surface area (Å²) in [7, 11) is -9.22. The lowest BCUT2D eigenvalue weighted by atomic mass is 10.1. The van der Waals surface area contributed by atoms with Crippen molar-refractivity contribution in [2.24, 2.45) is 0 Å². The lowest BCUT2D eigenvalue weighted by Gasteiger charge is -2.43. The number of rotatable bonds is 7. The maximum absolute atomic E-state index is 11.2. The summed E-state index contributed by atoms with van der Waals surface area (Å²) in [5.74, 6) is 0. The maximum Gasteiger partial charge on any atom is 0.469 e. The van der Waals surface area contributed by atoms with Crippen LogP contribution in [-0.4, -0.2) is 62.7 Å². The van der Waals surface area contributed by atoms with Gasteiger partial charge in [0, 0.05) is 0 Å². The first-order chi connectivity index (χ1) is 12.2. The second kappa shape index (κ2) is 8.49. The van der Waals surface area contributed by atoms with Crippen molar-refractivity contribution < 1.29 is 37.6 Å². The molecule has 3 N–H and O–H groups in total. The van der Waals surface area contributed by atoms with Gasteiger partial charge in [0.25, 0.3) is 0 Å². The molecule has 0 aromatic rings. The monoisotopic (exact) mass is 458 g/mol. The molecule has 0 radical (unpaired) electrons. The van der Waals surface area contributed by atoms with Crippen LogP contribution in [0, 0.1) is 0 Å². The Morgan fingerprint density at radius 2 is 1.29 bits per heavy atom. The Morgan fingerprint density at radius 3 is 1.64 bits per heavy atom. The van der Waals surface area contributed by atoms with E-state index in [0.717, 1.165) is 0 Å². The first-order valence-electron chi connectivity index (χ1n) is 9.57. The Bertz CT molecular complexity index is 579. The van der Waals surface area contributed by atoms with Gasteiger partial charge in [-0.15, -0.1) is 0 Å². The molecule has 28 heavy (non-hydrogen) atoms. The molecule has 8 nitrogen and oxygen atoms in total. The molecule has 1 saturated heterocycles. The number of aliphatic hydroxyl groups excluding tert-OH is 1. The van der Waals surface area contributed by atoms with Crippen molar-refractivity contribution >= 4 is 24.5 Å². The molecule has 0 unspecified atom stereocenters. The van der Waals surface area contributed by atoms with E-state index >= 15 is 0 Å². The van der Waals surface area contributed by atoms with Crippen LogP contribution >= 0.6 is 7.82 Å². The molecule has 1 fully saturated rings. The highest BCUT2D eigenvalue weighted by molar-refractivity contribution is 7.46. The summed E-state index contributed by atoms with van der Waals surface area (Å²) in [6.07, 6.45) is -3.53. The number of ether oxygens (including phenoxy) is 1. The second-order valence-corrected chi connectivity index (χ2v) is 21.3. The van der Waals surface area contributed by atoms with Gasteiger partial charge >= 0.3 is 7.82 Å². The van der Waals surface area contributed by atoms with Crippen LogP contribution in [0.25, 0.3) is 0 Å². The first kappa shape index (κ1) is 26.4. The molecule has 0 amide bonds. The summed E-state index contributed by atoms with van der Waals surface area (Å²) in [6.45, 7) is 20.5. The van der Waals surface area contributed by atoms with E-state index in [1.54, 1.807) is 0 Å². The van der Waals surface area contributed by atoms with E-state index in [0.29, 0.717) is 0 Å². The number of phosphoric ester groups is 1. The van der Waals surface area contributed by atoms with Gasteiger partial charge in [-0.2, -0.15) is 0 Å². The predicted molar refractivity (Wildman–Crippen MR) is 113 cm³/mol. The average Bonchev–Trinajstić information content (AvgIpc) is 2.69. The Labute approximate surface area is 171 Å². The summed E-state index contributed by atoms with van der Waals surface area (Å²) in [6, 6.07) is 0. The molecule has 4 atom stereocenters. The van der Waals surface area contributed by atoms with E-state index < -0.39 is 55.7 Å². The van der Waals surface area contributed by atoms with E-state index in [2.05, 4.69) is 72.3 Å². The summed E-state index contributed by atoms with van der Waals surface area (Å²) in [4.78, 5) is 18.1. The van der Waals surface area contributed by atoms with Gasteiger partial charge in [0.2, 0.25) is 0 Å². The van der Waals surface area contributed by atoms with Crippen molar-refractivity contribution in [1.29, 1.82) is 0 Å². The zero-order chi connectivity index (χ0) is 22.3. The lowest BCUT2D eigenvalue weighted by Crippen LogP contribution is -2.54. The molecular weight excluding hydrogens is 419 g/mol. The van der Waals surface area contributed by atoms with Crippen LogP contribution in [0.1, 0.15) is 41.5 Å². The number of phosphoric acid groups is 1. The number of hydrogen-bond acceptors (Lipinski definition) is 6. The molecule has 0 spiro atoms. The fraction of sp³-hybridized carbons (Fsp3) is 1.00. The molecule has 1 heterocycles. The topological polar surface area (TPSA) is 115 Å².